The molecule has 7 nitrogen and oxygen atoms in total. The van der Waals surface area contributed by atoms with Gasteiger partial charge in [-0.3, -0.25) is 4.79 Å². The zero-order valence-electron chi connectivity index (χ0n) is 17.1. The number of ether oxygens (including phenoxy) is 1. The molecule has 3 aliphatic rings. The lowest BCUT2D eigenvalue weighted by Crippen LogP contribution is -2.51. The molecule has 4 heterocycles. The number of anilines is 1. The van der Waals surface area contributed by atoms with Crippen LogP contribution >= 0.6 is 0 Å². The van der Waals surface area contributed by atoms with E-state index in [9.17, 15) is 4.79 Å². The van der Waals surface area contributed by atoms with E-state index < -0.39 is 0 Å². The van der Waals surface area contributed by atoms with E-state index in [-0.39, 0.29) is 5.92 Å². The van der Waals surface area contributed by atoms with Crippen molar-refractivity contribution in [3.8, 4) is 0 Å². The number of morpholine rings is 1. The maximum Gasteiger partial charge on any atom is 0.225 e. The molecule has 3 aliphatic heterocycles. The van der Waals surface area contributed by atoms with Gasteiger partial charge in [0.2, 0.25) is 11.9 Å². The SMILES string of the molecule is CCc1cnc(N2CCC(N3CCC(C(=O)N4CCOCC4)CC3)CC2)nc1. The minimum atomic E-state index is 0.208. The Balaban J connectivity index is 1.23. The van der Waals surface area contributed by atoms with Gasteiger partial charge in [-0.05, 0) is 50.8 Å². The van der Waals surface area contributed by atoms with Crippen molar-refractivity contribution < 1.29 is 9.53 Å². The smallest absolute Gasteiger partial charge is 0.225 e. The molecule has 154 valence electrons. The van der Waals surface area contributed by atoms with Crippen molar-refractivity contribution in [1.29, 1.82) is 0 Å². The van der Waals surface area contributed by atoms with Crippen molar-refractivity contribution in [3.05, 3.63) is 18.0 Å². The summed E-state index contributed by atoms with van der Waals surface area (Å²) in [6, 6.07) is 0.630. The summed E-state index contributed by atoms with van der Waals surface area (Å²) < 4.78 is 5.37. The Morgan fingerprint density at radius 2 is 1.64 bits per heavy atom. The molecule has 0 aromatic carbocycles. The molecule has 4 rings (SSSR count). The number of aromatic nitrogens is 2. The Hall–Kier alpha value is -1.73. The molecule has 7 heteroatoms. The summed E-state index contributed by atoms with van der Waals surface area (Å²) in [6.07, 6.45) is 9.18. The first-order valence-corrected chi connectivity index (χ1v) is 10.9. The third-order valence-corrected chi connectivity index (χ3v) is 6.57. The lowest BCUT2D eigenvalue weighted by molar-refractivity contribution is -0.141. The van der Waals surface area contributed by atoms with E-state index in [0.717, 1.165) is 77.3 Å². The van der Waals surface area contributed by atoms with E-state index in [2.05, 4.69) is 26.7 Å². The maximum atomic E-state index is 12.7. The van der Waals surface area contributed by atoms with Crippen molar-refractivity contribution >= 4 is 11.9 Å². The molecule has 28 heavy (non-hydrogen) atoms. The fourth-order valence-electron chi connectivity index (χ4n) is 4.68. The van der Waals surface area contributed by atoms with Crippen LogP contribution in [0, 0.1) is 5.92 Å². The number of nitrogens with zero attached hydrogens (tertiary/aromatic N) is 5. The van der Waals surface area contributed by atoms with Crippen LogP contribution in [0.1, 0.15) is 38.2 Å². The number of carbonyl (C=O) groups is 1. The Kier molecular flexibility index (Phi) is 6.42. The summed E-state index contributed by atoms with van der Waals surface area (Å²) >= 11 is 0. The molecule has 0 saturated carbocycles. The van der Waals surface area contributed by atoms with Crippen LogP contribution in [-0.4, -0.2) is 84.2 Å². The summed E-state index contributed by atoms with van der Waals surface area (Å²) in [6.45, 7) is 9.16. The quantitative estimate of drug-likeness (QED) is 0.782. The maximum absolute atomic E-state index is 12.7. The highest BCUT2D eigenvalue weighted by Crippen LogP contribution is 2.26. The number of hydrogen-bond donors (Lipinski definition) is 0. The molecule has 3 saturated heterocycles. The summed E-state index contributed by atoms with van der Waals surface area (Å²) in [5.41, 5.74) is 1.19. The standard InChI is InChI=1S/C21H33N5O2/c1-2-17-15-22-21(23-16-17)26-9-5-19(6-10-26)24-7-3-18(4-8-24)20(27)25-11-13-28-14-12-25/h15-16,18-19H,2-14H2,1H3. The monoisotopic (exact) mass is 387 g/mol. The van der Waals surface area contributed by atoms with E-state index in [1.54, 1.807) is 0 Å². The number of hydrogen-bond acceptors (Lipinski definition) is 6. The van der Waals surface area contributed by atoms with Gasteiger partial charge < -0.3 is 19.4 Å². The largest absolute Gasteiger partial charge is 0.378 e. The fourth-order valence-corrected chi connectivity index (χ4v) is 4.68. The lowest BCUT2D eigenvalue weighted by atomic mass is 9.92. The number of amides is 1. The van der Waals surface area contributed by atoms with Crippen molar-refractivity contribution in [2.75, 3.05) is 57.4 Å². The normalized spacial score (nSPS) is 23.2. The highest BCUT2D eigenvalue weighted by molar-refractivity contribution is 5.79. The molecule has 1 amide bonds. The lowest BCUT2D eigenvalue weighted by Gasteiger charge is -2.42. The van der Waals surface area contributed by atoms with Crippen LogP contribution in [0.5, 0.6) is 0 Å². The third-order valence-electron chi connectivity index (χ3n) is 6.57. The van der Waals surface area contributed by atoms with Gasteiger partial charge in [-0.1, -0.05) is 6.92 Å². The summed E-state index contributed by atoms with van der Waals surface area (Å²) in [5, 5.41) is 0. The van der Waals surface area contributed by atoms with Crippen molar-refractivity contribution in [1.82, 2.24) is 19.8 Å². The van der Waals surface area contributed by atoms with Gasteiger partial charge in [-0.2, -0.15) is 0 Å². The third kappa shape index (κ3) is 4.46. The van der Waals surface area contributed by atoms with Crippen LogP contribution < -0.4 is 4.90 Å². The van der Waals surface area contributed by atoms with E-state index >= 15 is 0 Å². The van der Waals surface area contributed by atoms with Gasteiger partial charge in [-0.25, -0.2) is 9.97 Å². The first-order valence-electron chi connectivity index (χ1n) is 10.9. The highest BCUT2D eigenvalue weighted by Gasteiger charge is 2.33. The van der Waals surface area contributed by atoms with E-state index in [0.29, 0.717) is 25.2 Å². The molecule has 0 aliphatic carbocycles. The number of aryl methyl sites for hydroxylation is 1. The van der Waals surface area contributed by atoms with Gasteiger partial charge in [0, 0.05) is 50.5 Å². The zero-order chi connectivity index (χ0) is 19.3. The van der Waals surface area contributed by atoms with Gasteiger partial charge in [0.25, 0.3) is 0 Å². The summed E-state index contributed by atoms with van der Waals surface area (Å²) in [5.74, 6) is 1.43. The molecule has 1 aromatic heterocycles. The van der Waals surface area contributed by atoms with Gasteiger partial charge in [0.1, 0.15) is 0 Å². The minimum Gasteiger partial charge on any atom is -0.378 e. The predicted octanol–water partition coefficient (Wildman–Crippen LogP) is 1.58. The van der Waals surface area contributed by atoms with Crippen LogP contribution in [0.25, 0.3) is 0 Å². The number of likely N-dealkylation sites (tertiary alicyclic amines) is 1. The number of carbonyl (C=O) groups excluding carboxylic acids is 1. The molecule has 1 aromatic rings. The molecule has 0 radical (unpaired) electrons. The summed E-state index contributed by atoms with van der Waals surface area (Å²) in [7, 11) is 0. The first kappa shape index (κ1) is 19.6. The topological polar surface area (TPSA) is 61.8 Å². The molecular weight excluding hydrogens is 354 g/mol. The predicted molar refractivity (Wildman–Crippen MR) is 108 cm³/mol. The Labute approximate surface area is 168 Å². The zero-order valence-corrected chi connectivity index (χ0v) is 17.1. The van der Waals surface area contributed by atoms with Crippen LogP contribution in [0.3, 0.4) is 0 Å². The molecule has 3 fully saturated rings. The molecule has 0 spiro atoms. The Morgan fingerprint density at radius 1 is 1.00 bits per heavy atom. The van der Waals surface area contributed by atoms with Crippen LogP contribution in [0.15, 0.2) is 12.4 Å². The second kappa shape index (κ2) is 9.18. The number of piperidine rings is 2. The fraction of sp³-hybridized carbons (Fsp3) is 0.762. The second-order valence-corrected chi connectivity index (χ2v) is 8.21. The van der Waals surface area contributed by atoms with Crippen molar-refractivity contribution in [3.63, 3.8) is 0 Å². The highest BCUT2D eigenvalue weighted by atomic mass is 16.5. The first-order chi connectivity index (χ1) is 13.7. The Bertz CT molecular complexity index is 631. The summed E-state index contributed by atoms with van der Waals surface area (Å²) in [4.78, 5) is 28.7. The van der Waals surface area contributed by atoms with Crippen LogP contribution in [0.4, 0.5) is 5.95 Å². The van der Waals surface area contributed by atoms with E-state index in [1.807, 2.05) is 17.3 Å². The average Bonchev–Trinajstić information content (AvgIpc) is 2.79. The Morgan fingerprint density at radius 3 is 2.25 bits per heavy atom. The molecule has 0 N–H and O–H groups in total. The molecule has 0 atom stereocenters. The van der Waals surface area contributed by atoms with E-state index in [4.69, 9.17) is 4.74 Å². The van der Waals surface area contributed by atoms with Gasteiger partial charge in [0.05, 0.1) is 13.2 Å². The molecule has 0 unspecified atom stereocenters. The molecular formula is C21H33N5O2. The van der Waals surface area contributed by atoms with Gasteiger partial charge in [-0.15, -0.1) is 0 Å². The van der Waals surface area contributed by atoms with Crippen LogP contribution in [-0.2, 0) is 16.0 Å². The van der Waals surface area contributed by atoms with Crippen molar-refractivity contribution in [2.45, 2.75) is 45.1 Å². The number of rotatable bonds is 4. The van der Waals surface area contributed by atoms with Crippen LogP contribution in [0.2, 0.25) is 0 Å². The average molecular weight is 388 g/mol. The molecule has 0 bridgehead atoms. The van der Waals surface area contributed by atoms with Gasteiger partial charge >= 0.3 is 0 Å². The van der Waals surface area contributed by atoms with Crippen molar-refractivity contribution in [2.24, 2.45) is 5.92 Å². The minimum absolute atomic E-state index is 0.208. The van der Waals surface area contributed by atoms with Gasteiger partial charge in [0.15, 0.2) is 0 Å². The van der Waals surface area contributed by atoms with E-state index in [1.165, 1.54) is 5.56 Å². The second-order valence-electron chi connectivity index (χ2n) is 8.21.